The summed E-state index contributed by atoms with van der Waals surface area (Å²) in [5.41, 5.74) is 0.657. The summed E-state index contributed by atoms with van der Waals surface area (Å²) in [4.78, 5) is 15.3. The summed E-state index contributed by atoms with van der Waals surface area (Å²) in [5.74, 6) is 1.06. The van der Waals surface area contributed by atoms with Crippen molar-refractivity contribution in [2.75, 3.05) is 17.2 Å². The molecule has 29 heavy (non-hydrogen) atoms. The highest BCUT2D eigenvalue weighted by Gasteiger charge is 2.46. The molecule has 5 rings (SSSR count). The molecule has 0 amide bonds. The van der Waals surface area contributed by atoms with Crippen LogP contribution in [0.4, 0.5) is 10.2 Å². The smallest absolute Gasteiger partial charge is 0.249 e. The van der Waals surface area contributed by atoms with Gasteiger partial charge in [-0.1, -0.05) is 31.9 Å². The number of aromatic nitrogens is 3. The van der Waals surface area contributed by atoms with E-state index in [1.807, 2.05) is 0 Å². The number of nitrogens with zero attached hydrogens (tertiary/aromatic N) is 4. The SMILES string of the molecule is CC[C@@H]1Cc2nc(Cl)c(F)c3nc(S(=O)(=O)CC)nc(c23)N2C[C@H]3CC[C@H](C3)[C@H]12. The molecule has 1 aliphatic carbocycles. The van der Waals surface area contributed by atoms with Crippen LogP contribution in [-0.2, 0) is 16.3 Å². The van der Waals surface area contributed by atoms with Gasteiger partial charge in [-0.2, -0.15) is 0 Å². The Hall–Kier alpha value is -1.54. The molecule has 3 aliphatic rings. The van der Waals surface area contributed by atoms with Crippen molar-refractivity contribution in [1.82, 2.24) is 15.0 Å². The summed E-state index contributed by atoms with van der Waals surface area (Å²) in [6, 6.07) is 0.255. The van der Waals surface area contributed by atoms with Gasteiger partial charge in [0.25, 0.3) is 0 Å². The molecule has 2 aliphatic heterocycles. The average Bonchev–Trinajstić information content (AvgIpc) is 3.03. The standard InChI is InChI=1S/C20H24ClFN4O2S/c1-3-11-8-13-14-16(15(22)18(21)23-13)24-20(29(27,28)4-2)25-19(14)26-9-10-5-6-12(7-10)17(11)26/h10-12,17H,3-9H2,1-2H3/t10-,11+,12+,17-/m0/s1. The van der Waals surface area contributed by atoms with E-state index in [0.717, 1.165) is 13.0 Å². The summed E-state index contributed by atoms with van der Waals surface area (Å²) in [7, 11) is -3.70. The summed E-state index contributed by atoms with van der Waals surface area (Å²) in [6.07, 6.45) is 5.19. The minimum Gasteiger partial charge on any atom is -0.352 e. The van der Waals surface area contributed by atoms with Crippen molar-refractivity contribution < 1.29 is 12.8 Å². The third-order valence-corrected chi connectivity index (χ3v) is 8.80. The van der Waals surface area contributed by atoms with Gasteiger partial charge in [0.2, 0.25) is 15.0 Å². The van der Waals surface area contributed by atoms with Gasteiger partial charge in [-0.3, -0.25) is 0 Å². The maximum absolute atomic E-state index is 15.0. The molecular weight excluding hydrogens is 415 g/mol. The Labute approximate surface area is 174 Å². The molecule has 1 saturated carbocycles. The van der Waals surface area contributed by atoms with E-state index >= 15 is 0 Å². The minimum absolute atomic E-state index is 0.0227. The zero-order valence-corrected chi connectivity index (χ0v) is 18.1. The van der Waals surface area contributed by atoms with Crippen molar-refractivity contribution in [2.45, 2.75) is 57.1 Å². The van der Waals surface area contributed by atoms with Crippen molar-refractivity contribution in [2.24, 2.45) is 17.8 Å². The van der Waals surface area contributed by atoms with E-state index in [1.165, 1.54) is 19.3 Å². The van der Waals surface area contributed by atoms with Crippen LogP contribution in [0.2, 0.25) is 5.15 Å². The van der Waals surface area contributed by atoms with Crippen LogP contribution in [0.3, 0.4) is 0 Å². The van der Waals surface area contributed by atoms with Crippen LogP contribution in [0, 0.1) is 23.6 Å². The van der Waals surface area contributed by atoms with Crippen LogP contribution in [0.25, 0.3) is 10.9 Å². The van der Waals surface area contributed by atoms with E-state index in [-0.39, 0.29) is 27.6 Å². The normalized spacial score (nSPS) is 28.5. The fourth-order valence-electron chi connectivity index (χ4n) is 5.66. The van der Waals surface area contributed by atoms with E-state index in [4.69, 9.17) is 11.6 Å². The Morgan fingerprint density at radius 3 is 2.72 bits per heavy atom. The van der Waals surface area contributed by atoms with E-state index < -0.39 is 15.7 Å². The number of halogens is 2. The van der Waals surface area contributed by atoms with Gasteiger partial charge >= 0.3 is 0 Å². The first kappa shape index (κ1) is 19.4. The largest absolute Gasteiger partial charge is 0.352 e. The first-order valence-electron chi connectivity index (χ1n) is 10.4. The molecule has 2 fully saturated rings. The number of fused-ring (bicyclic) bond motifs is 5. The van der Waals surface area contributed by atoms with Crippen molar-refractivity contribution in [1.29, 1.82) is 0 Å². The lowest BCUT2D eigenvalue weighted by Crippen LogP contribution is -2.50. The van der Waals surface area contributed by atoms with E-state index in [1.54, 1.807) is 6.92 Å². The van der Waals surface area contributed by atoms with Gasteiger partial charge in [-0.25, -0.2) is 27.8 Å². The second-order valence-electron chi connectivity index (χ2n) is 8.57. The number of rotatable bonds is 3. The number of hydrogen-bond acceptors (Lipinski definition) is 6. The number of hydrogen-bond donors (Lipinski definition) is 0. The second-order valence-corrected chi connectivity index (χ2v) is 11.1. The van der Waals surface area contributed by atoms with Crippen molar-refractivity contribution in [3.05, 3.63) is 16.7 Å². The molecule has 0 N–H and O–H groups in total. The highest BCUT2D eigenvalue weighted by Crippen LogP contribution is 2.49. The lowest BCUT2D eigenvalue weighted by atomic mass is 9.80. The zero-order chi connectivity index (χ0) is 20.5. The van der Waals surface area contributed by atoms with Gasteiger partial charge in [-0.15, -0.1) is 0 Å². The fraction of sp³-hybridized carbons (Fsp3) is 0.650. The Morgan fingerprint density at radius 1 is 1.21 bits per heavy atom. The quantitative estimate of drug-likeness (QED) is 0.536. The van der Waals surface area contributed by atoms with E-state index in [9.17, 15) is 12.8 Å². The van der Waals surface area contributed by atoms with Crippen molar-refractivity contribution in [3.63, 3.8) is 0 Å². The predicted molar refractivity (Wildman–Crippen MR) is 109 cm³/mol. The van der Waals surface area contributed by atoms with Crippen molar-refractivity contribution in [3.8, 4) is 0 Å². The Balaban J connectivity index is 1.85. The lowest BCUT2D eigenvalue weighted by Gasteiger charge is -2.44. The summed E-state index contributed by atoms with van der Waals surface area (Å²) < 4.78 is 40.2. The molecule has 2 bridgehead atoms. The van der Waals surface area contributed by atoms with Gasteiger partial charge in [0.15, 0.2) is 11.0 Å². The molecule has 0 spiro atoms. The van der Waals surface area contributed by atoms with Crippen LogP contribution in [0.5, 0.6) is 0 Å². The zero-order valence-electron chi connectivity index (χ0n) is 16.5. The lowest BCUT2D eigenvalue weighted by molar-refractivity contribution is 0.247. The first-order valence-corrected chi connectivity index (χ1v) is 12.4. The molecule has 156 valence electrons. The molecule has 6 nitrogen and oxygen atoms in total. The molecule has 2 aromatic heterocycles. The maximum Gasteiger partial charge on any atom is 0.249 e. The number of pyridine rings is 1. The third kappa shape index (κ3) is 2.86. The van der Waals surface area contributed by atoms with Crippen LogP contribution in [0.15, 0.2) is 5.16 Å². The molecule has 2 aromatic rings. The molecule has 1 saturated heterocycles. The fourth-order valence-corrected chi connectivity index (χ4v) is 6.57. The highest BCUT2D eigenvalue weighted by atomic mass is 35.5. The monoisotopic (exact) mass is 438 g/mol. The molecule has 0 radical (unpaired) electrons. The molecule has 9 heteroatoms. The minimum atomic E-state index is -3.70. The second kappa shape index (κ2) is 6.74. The molecular formula is C20H24ClFN4O2S. The van der Waals surface area contributed by atoms with Gasteiger partial charge in [0.1, 0.15) is 11.3 Å². The predicted octanol–water partition coefficient (Wildman–Crippen LogP) is 3.80. The van der Waals surface area contributed by atoms with Crippen LogP contribution < -0.4 is 4.90 Å². The molecule has 4 atom stereocenters. The number of sulfone groups is 1. The topological polar surface area (TPSA) is 76.0 Å². The van der Waals surface area contributed by atoms with Crippen LogP contribution >= 0.6 is 11.6 Å². The van der Waals surface area contributed by atoms with E-state index in [2.05, 4.69) is 26.8 Å². The molecule has 0 unspecified atom stereocenters. The van der Waals surface area contributed by atoms with E-state index in [0.29, 0.717) is 41.1 Å². The van der Waals surface area contributed by atoms with Gasteiger partial charge in [0, 0.05) is 12.6 Å². The van der Waals surface area contributed by atoms with Crippen molar-refractivity contribution >= 4 is 38.2 Å². The Morgan fingerprint density at radius 2 is 2.00 bits per heavy atom. The van der Waals surface area contributed by atoms with Crippen LogP contribution in [0.1, 0.15) is 45.2 Å². The maximum atomic E-state index is 15.0. The summed E-state index contributed by atoms with van der Waals surface area (Å²) in [5, 5.41) is -0.0429. The summed E-state index contributed by atoms with van der Waals surface area (Å²) >= 11 is 6.10. The van der Waals surface area contributed by atoms with Gasteiger partial charge in [0.05, 0.1) is 16.8 Å². The van der Waals surface area contributed by atoms with Gasteiger partial charge < -0.3 is 4.90 Å². The number of anilines is 1. The highest BCUT2D eigenvalue weighted by molar-refractivity contribution is 7.91. The number of piperidine rings is 1. The molecule has 4 heterocycles. The third-order valence-electron chi connectivity index (χ3n) is 7.05. The van der Waals surface area contributed by atoms with Crippen LogP contribution in [-0.4, -0.2) is 41.7 Å². The first-order chi connectivity index (χ1) is 13.8. The Kier molecular flexibility index (Phi) is 4.51. The molecule has 0 aromatic carbocycles. The Bertz CT molecular complexity index is 1110. The van der Waals surface area contributed by atoms with Gasteiger partial charge in [-0.05, 0) is 43.4 Å². The average molecular weight is 439 g/mol. The summed E-state index contributed by atoms with van der Waals surface area (Å²) in [6.45, 7) is 4.53.